The molecule has 0 fully saturated rings. The molecule has 3 aromatic carbocycles. The number of hydrogen-bond acceptors (Lipinski definition) is 2. The molecule has 3 aromatic rings. The number of carbonyl (C=O) groups is 1. The van der Waals surface area contributed by atoms with Gasteiger partial charge < -0.3 is 9.64 Å². The zero-order valence-electron chi connectivity index (χ0n) is 16.1. The van der Waals surface area contributed by atoms with Gasteiger partial charge in [0.15, 0.2) is 0 Å². The van der Waals surface area contributed by atoms with Crippen LogP contribution in [0.4, 0.5) is 14.5 Å². The first-order valence-electron chi connectivity index (χ1n) is 9.02. The molecule has 0 saturated carbocycles. The molecule has 3 nitrogen and oxygen atoms in total. The van der Waals surface area contributed by atoms with E-state index in [9.17, 15) is 13.6 Å². The Morgan fingerprint density at radius 1 is 1.03 bits per heavy atom. The van der Waals surface area contributed by atoms with Gasteiger partial charge in [0.25, 0.3) is 0 Å². The fraction of sp³-hybridized carbons (Fsp3) is 0.174. The van der Waals surface area contributed by atoms with Gasteiger partial charge in [-0.25, -0.2) is 8.78 Å². The van der Waals surface area contributed by atoms with Gasteiger partial charge in [-0.2, -0.15) is 0 Å². The Hall–Kier alpha value is -2.92. The average molecular weight is 416 g/mol. The molecular formula is C23H20ClF2NO2. The second-order valence-electron chi connectivity index (χ2n) is 6.75. The van der Waals surface area contributed by atoms with E-state index in [0.29, 0.717) is 23.1 Å². The van der Waals surface area contributed by atoms with Crippen molar-refractivity contribution >= 4 is 23.2 Å². The lowest BCUT2D eigenvalue weighted by Crippen LogP contribution is -2.28. The Balaban J connectivity index is 1.75. The van der Waals surface area contributed by atoms with Crippen molar-refractivity contribution in [3.8, 4) is 5.75 Å². The van der Waals surface area contributed by atoms with Gasteiger partial charge in [0.2, 0.25) is 5.91 Å². The van der Waals surface area contributed by atoms with Crippen molar-refractivity contribution in [2.24, 2.45) is 0 Å². The number of rotatable bonds is 6. The molecule has 3 rings (SSSR count). The number of halogens is 3. The van der Waals surface area contributed by atoms with Crippen LogP contribution < -0.4 is 9.64 Å². The van der Waals surface area contributed by atoms with Crippen LogP contribution in [0.3, 0.4) is 0 Å². The van der Waals surface area contributed by atoms with E-state index in [1.165, 1.54) is 11.0 Å². The number of nitrogens with zero attached hydrogens (tertiary/aromatic N) is 1. The Morgan fingerprint density at radius 2 is 1.72 bits per heavy atom. The first-order valence-corrected chi connectivity index (χ1v) is 9.39. The van der Waals surface area contributed by atoms with Crippen LogP contribution in [0.15, 0.2) is 60.7 Å². The van der Waals surface area contributed by atoms with Crippen molar-refractivity contribution < 1.29 is 18.3 Å². The van der Waals surface area contributed by atoms with Crippen LogP contribution in [0.25, 0.3) is 0 Å². The molecule has 0 heterocycles. The monoisotopic (exact) mass is 415 g/mol. The third kappa shape index (κ3) is 5.33. The molecule has 29 heavy (non-hydrogen) atoms. The Morgan fingerprint density at radius 3 is 2.41 bits per heavy atom. The predicted octanol–water partition coefficient (Wildman–Crippen LogP) is 5.71. The lowest BCUT2D eigenvalue weighted by atomic mass is 10.1. The van der Waals surface area contributed by atoms with Gasteiger partial charge in [0.05, 0.1) is 6.42 Å². The highest BCUT2D eigenvalue weighted by molar-refractivity contribution is 6.30. The van der Waals surface area contributed by atoms with Crippen molar-refractivity contribution in [1.82, 2.24) is 0 Å². The van der Waals surface area contributed by atoms with Crippen molar-refractivity contribution in [2.75, 3.05) is 11.9 Å². The van der Waals surface area contributed by atoms with Gasteiger partial charge in [-0.15, -0.1) is 0 Å². The maximum absolute atomic E-state index is 13.9. The zero-order chi connectivity index (χ0) is 21.0. The number of carbonyl (C=O) groups excluding carboxylic acids is 1. The van der Waals surface area contributed by atoms with Gasteiger partial charge in [0.1, 0.15) is 24.0 Å². The second kappa shape index (κ2) is 9.05. The Kier molecular flexibility index (Phi) is 6.49. The molecular weight excluding hydrogens is 396 g/mol. The topological polar surface area (TPSA) is 29.5 Å². The molecule has 0 bridgehead atoms. The van der Waals surface area contributed by atoms with E-state index < -0.39 is 17.5 Å². The minimum absolute atomic E-state index is 0.241. The molecule has 1 amide bonds. The number of likely N-dealkylation sites (N-methyl/N-ethyl adjacent to an activating group) is 1. The molecule has 150 valence electrons. The maximum atomic E-state index is 13.9. The summed E-state index contributed by atoms with van der Waals surface area (Å²) in [7, 11) is 1.57. The van der Waals surface area contributed by atoms with Crippen LogP contribution in [0.2, 0.25) is 5.02 Å². The van der Waals surface area contributed by atoms with E-state index in [1.807, 2.05) is 37.3 Å². The van der Waals surface area contributed by atoms with Gasteiger partial charge in [-0.05, 0) is 54.4 Å². The van der Waals surface area contributed by atoms with Crippen molar-refractivity contribution in [3.05, 3.63) is 94.0 Å². The highest BCUT2D eigenvalue weighted by Crippen LogP contribution is 2.25. The van der Waals surface area contributed by atoms with Crippen LogP contribution in [-0.2, 0) is 17.8 Å². The lowest BCUT2D eigenvalue weighted by Gasteiger charge is -2.20. The summed E-state index contributed by atoms with van der Waals surface area (Å²) in [4.78, 5) is 14.0. The summed E-state index contributed by atoms with van der Waals surface area (Å²) in [6.45, 7) is 2.20. The summed E-state index contributed by atoms with van der Waals surface area (Å²) in [5.74, 6) is -1.32. The summed E-state index contributed by atoms with van der Waals surface area (Å²) >= 11 is 5.99. The van der Waals surface area contributed by atoms with Crippen molar-refractivity contribution in [2.45, 2.75) is 20.0 Å². The number of ether oxygens (including phenoxy) is 1. The molecule has 0 radical (unpaired) electrons. The van der Waals surface area contributed by atoms with Crippen LogP contribution in [-0.4, -0.2) is 13.0 Å². The summed E-state index contributed by atoms with van der Waals surface area (Å²) < 4.78 is 33.5. The van der Waals surface area contributed by atoms with Crippen LogP contribution in [0.1, 0.15) is 16.7 Å². The van der Waals surface area contributed by atoms with E-state index in [2.05, 4.69) is 0 Å². The van der Waals surface area contributed by atoms with Gasteiger partial charge >= 0.3 is 0 Å². The molecule has 0 aliphatic carbocycles. The summed E-state index contributed by atoms with van der Waals surface area (Å²) in [5.41, 5.74) is 2.14. The first-order chi connectivity index (χ1) is 13.8. The van der Waals surface area contributed by atoms with E-state index in [4.69, 9.17) is 16.3 Å². The fourth-order valence-corrected chi connectivity index (χ4v) is 3.13. The minimum Gasteiger partial charge on any atom is -0.489 e. The number of hydrogen-bond donors (Lipinski definition) is 0. The lowest BCUT2D eigenvalue weighted by molar-refractivity contribution is -0.117. The largest absolute Gasteiger partial charge is 0.489 e. The normalized spacial score (nSPS) is 10.7. The fourth-order valence-electron chi connectivity index (χ4n) is 2.91. The molecule has 0 aliphatic heterocycles. The highest BCUT2D eigenvalue weighted by Gasteiger charge is 2.18. The predicted molar refractivity (Wildman–Crippen MR) is 110 cm³/mol. The van der Waals surface area contributed by atoms with Crippen LogP contribution in [0, 0.1) is 18.6 Å². The Bertz CT molecular complexity index is 1020. The number of amides is 1. The van der Waals surface area contributed by atoms with Gasteiger partial charge in [0, 0.05) is 29.4 Å². The zero-order valence-corrected chi connectivity index (χ0v) is 16.8. The quantitative estimate of drug-likeness (QED) is 0.516. The van der Waals surface area contributed by atoms with E-state index in [-0.39, 0.29) is 12.0 Å². The second-order valence-corrected chi connectivity index (χ2v) is 7.19. The number of benzene rings is 3. The molecule has 0 spiro atoms. The SMILES string of the molecule is Cc1cc(OCc2cccc(Cl)c2)cc(N(C)C(=O)Cc2c(F)cccc2F)c1. The molecule has 0 unspecified atom stereocenters. The van der Waals surface area contributed by atoms with E-state index in [0.717, 1.165) is 23.3 Å². The smallest absolute Gasteiger partial charge is 0.231 e. The van der Waals surface area contributed by atoms with Crippen molar-refractivity contribution in [3.63, 3.8) is 0 Å². The van der Waals surface area contributed by atoms with Gasteiger partial charge in [-0.1, -0.05) is 29.8 Å². The van der Waals surface area contributed by atoms with E-state index >= 15 is 0 Å². The average Bonchev–Trinajstić information content (AvgIpc) is 2.68. The highest BCUT2D eigenvalue weighted by atomic mass is 35.5. The molecule has 0 atom stereocenters. The molecule has 6 heteroatoms. The van der Waals surface area contributed by atoms with Gasteiger partial charge in [-0.3, -0.25) is 4.79 Å². The Labute approximate surface area is 173 Å². The first kappa shape index (κ1) is 20.8. The summed E-state index contributed by atoms with van der Waals surface area (Å²) in [6, 6.07) is 16.3. The standard InChI is InChI=1S/C23H20ClF2NO2/c1-15-9-18(12-19(10-15)29-14-16-5-3-6-17(24)11-16)27(2)23(28)13-20-21(25)7-4-8-22(20)26/h3-12H,13-14H2,1-2H3. The van der Waals surface area contributed by atoms with Crippen molar-refractivity contribution in [1.29, 1.82) is 0 Å². The number of aryl methyl sites for hydroxylation is 1. The molecule has 0 aliphatic rings. The molecule has 0 N–H and O–H groups in total. The molecule has 0 aromatic heterocycles. The summed E-state index contributed by atoms with van der Waals surface area (Å²) in [6.07, 6.45) is -0.373. The van der Waals surface area contributed by atoms with Crippen LogP contribution in [0.5, 0.6) is 5.75 Å². The maximum Gasteiger partial charge on any atom is 0.231 e. The molecule has 0 saturated heterocycles. The van der Waals surface area contributed by atoms with Crippen LogP contribution >= 0.6 is 11.6 Å². The third-order valence-electron chi connectivity index (χ3n) is 4.48. The number of anilines is 1. The summed E-state index contributed by atoms with van der Waals surface area (Å²) in [5, 5.41) is 0.627. The third-order valence-corrected chi connectivity index (χ3v) is 4.72. The minimum atomic E-state index is -0.735. The van der Waals surface area contributed by atoms with E-state index in [1.54, 1.807) is 19.2 Å².